The largest absolute Gasteiger partial charge is 0.368 e. The van der Waals surface area contributed by atoms with E-state index in [1.54, 1.807) is 18.7 Å². The molecule has 0 aliphatic carbocycles. The van der Waals surface area contributed by atoms with Crippen LogP contribution in [-0.4, -0.2) is 20.2 Å². The Morgan fingerprint density at radius 1 is 1.19 bits per heavy atom. The summed E-state index contributed by atoms with van der Waals surface area (Å²) >= 11 is 0. The lowest BCUT2D eigenvalue weighted by atomic mass is 10.1. The number of halogens is 1. The van der Waals surface area contributed by atoms with Crippen molar-refractivity contribution in [1.82, 2.24) is 20.2 Å². The zero-order valence-electron chi connectivity index (χ0n) is 11.6. The van der Waals surface area contributed by atoms with Gasteiger partial charge in [0.15, 0.2) is 0 Å². The molecular weight excluding hydrogens is 288 g/mol. The summed E-state index contributed by atoms with van der Waals surface area (Å²) in [6, 6.07) is 10.1. The maximum atomic E-state index is 5.91. The summed E-state index contributed by atoms with van der Waals surface area (Å²) < 4.78 is 5.91. The molecule has 3 rings (SSSR count). The highest BCUT2D eigenvalue weighted by atomic mass is 35.5. The fraction of sp³-hybridized carbons (Fsp3) is 0.200. The van der Waals surface area contributed by atoms with E-state index in [0.717, 1.165) is 22.5 Å². The lowest BCUT2D eigenvalue weighted by molar-refractivity contribution is 0.0501. The number of nitrogens with zero attached hydrogens (tertiary/aromatic N) is 2. The lowest BCUT2D eigenvalue weighted by Crippen LogP contribution is -2.02. The van der Waals surface area contributed by atoms with Crippen LogP contribution in [0.1, 0.15) is 24.3 Å². The van der Waals surface area contributed by atoms with Gasteiger partial charge >= 0.3 is 0 Å². The molecule has 21 heavy (non-hydrogen) atoms. The Labute approximate surface area is 129 Å². The molecule has 6 heteroatoms. The van der Waals surface area contributed by atoms with E-state index in [1.807, 2.05) is 25.1 Å². The fourth-order valence-corrected chi connectivity index (χ4v) is 2.10. The quantitative estimate of drug-likeness (QED) is 0.758. The van der Waals surface area contributed by atoms with Crippen molar-refractivity contribution in [3.05, 3.63) is 60.3 Å². The van der Waals surface area contributed by atoms with Crippen molar-refractivity contribution < 1.29 is 4.74 Å². The van der Waals surface area contributed by atoms with Gasteiger partial charge in [-0.3, -0.25) is 5.10 Å². The van der Waals surface area contributed by atoms with Crippen LogP contribution in [0, 0.1) is 0 Å². The first-order valence-corrected chi connectivity index (χ1v) is 6.52. The second kappa shape index (κ2) is 7.06. The fourth-order valence-electron chi connectivity index (χ4n) is 2.10. The van der Waals surface area contributed by atoms with Gasteiger partial charge in [-0.15, -0.1) is 12.4 Å². The Morgan fingerprint density at radius 2 is 2.00 bits per heavy atom. The molecule has 0 spiro atoms. The Morgan fingerprint density at radius 3 is 2.71 bits per heavy atom. The number of imidazole rings is 1. The van der Waals surface area contributed by atoms with E-state index in [0.29, 0.717) is 6.61 Å². The van der Waals surface area contributed by atoms with E-state index in [2.05, 4.69) is 32.3 Å². The number of rotatable bonds is 5. The van der Waals surface area contributed by atoms with E-state index in [4.69, 9.17) is 4.74 Å². The topological polar surface area (TPSA) is 66.6 Å². The minimum atomic E-state index is -0.0731. The second-order valence-electron chi connectivity index (χ2n) is 4.60. The number of H-pyrrole nitrogens is 2. The number of nitrogens with one attached hydrogen (secondary N) is 2. The van der Waals surface area contributed by atoms with Crippen LogP contribution in [-0.2, 0) is 11.3 Å². The third kappa shape index (κ3) is 3.51. The van der Waals surface area contributed by atoms with Crippen molar-refractivity contribution in [1.29, 1.82) is 0 Å². The van der Waals surface area contributed by atoms with Crippen molar-refractivity contribution in [2.24, 2.45) is 0 Å². The molecule has 0 amide bonds. The summed E-state index contributed by atoms with van der Waals surface area (Å²) in [6.07, 6.45) is 5.14. The highest BCUT2D eigenvalue weighted by molar-refractivity contribution is 5.85. The first-order valence-electron chi connectivity index (χ1n) is 6.52. The van der Waals surface area contributed by atoms with Crippen molar-refractivity contribution >= 4 is 12.4 Å². The van der Waals surface area contributed by atoms with Crippen LogP contribution in [0.4, 0.5) is 0 Å². The average molecular weight is 305 g/mol. The molecule has 1 aromatic carbocycles. The predicted molar refractivity (Wildman–Crippen MR) is 83.1 cm³/mol. The van der Waals surface area contributed by atoms with Crippen LogP contribution in [0.2, 0.25) is 0 Å². The van der Waals surface area contributed by atoms with Crippen molar-refractivity contribution in [3.63, 3.8) is 0 Å². The minimum absolute atomic E-state index is 0. The predicted octanol–water partition coefficient (Wildman–Crippen LogP) is 3.50. The third-order valence-electron chi connectivity index (χ3n) is 3.21. The van der Waals surface area contributed by atoms with E-state index in [-0.39, 0.29) is 18.5 Å². The lowest BCUT2D eigenvalue weighted by Gasteiger charge is -2.13. The molecule has 0 saturated heterocycles. The maximum Gasteiger partial charge on any atom is 0.0972 e. The average Bonchev–Trinajstić information content (AvgIpc) is 3.15. The molecule has 2 N–H and O–H groups in total. The van der Waals surface area contributed by atoms with Crippen LogP contribution in [0.25, 0.3) is 11.3 Å². The zero-order valence-corrected chi connectivity index (χ0v) is 12.4. The molecule has 5 nitrogen and oxygen atoms in total. The number of aromatic amines is 2. The summed E-state index contributed by atoms with van der Waals surface area (Å²) in [4.78, 5) is 7.12. The van der Waals surface area contributed by atoms with Crippen LogP contribution < -0.4 is 0 Å². The van der Waals surface area contributed by atoms with E-state index < -0.39 is 0 Å². The Balaban J connectivity index is 0.00000161. The van der Waals surface area contributed by atoms with Gasteiger partial charge in [0.25, 0.3) is 0 Å². The molecule has 0 saturated carbocycles. The third-order valence-corrected chi connectivity index (χ3v) is 3.21. The van der Waals surface area contributed by atoms with Crippen LogP contribution in [0.15, 0.2) is 49.1 Å². The summed E-state index contributed by atoms with van der Waals surface area (Å²) in [5, 5.41) is 7.11. The molecule has 0 aliphatic rings. The van der Waals surface area contributed by atoms with Crippen LogP contribution in [0.3, 0.4) is 0 Å². The van der Waals surface area contributed by atoms with E-state index >= 15 is 0 Å². The van der Waals surface area contributed by atoms with Gasteiger partial charge in [-0.1, -0.05) is 30.3 Å². The Hall–Kier alpha value is -2.11. The van der Waals surface area contributed by atoms with Crippen LogP contribution in [0.5, 0.6) is 0 Å². The number of benzene rings is 1. The molecule has 2 aromatic heterocycles. The molecule has 3 aromatic rings. The van der Waals surface area contributed by atoms with Gasteiger partial charge in [0.1, 0.15) is 0 Å². The molecule has 0 fully saturated rings. The van der Waals surface area contributed by atoms with Gasteiger partial charge in [0.2, 0.25) is 0 Å². The Kier molecular flexibility index (Phi) is 5.14. The number of ether oxygens (including phenoxy) is 1. The normalized spacial score (nSPS) is 11.9. The highest BCUT2D eigenvalue weighted by Crippen LogP contribution is 2.26. The molecule has 0 radical (unpaired) electrons. The van der Waals surface area contributed by atoms with Gasteiger partial charge in [0.05, 0.1) is 42.8 Å². The van der Waals surface area contributed by atoms with Gasteiger partial charge in [-0.05, 0) is 12.5 Å². The standard InChI is InChI=1S/C15H16N4O.ClH/c1-11(20-9-12-5-3-2-4-6-12)15-13(7-18-19-15)14-8-16-10-17-14;/h2-8,10-11H,9H2,1H3,(H,16,17)(H,18,19);1H. The van der Waals surface area contributed by atoms with Gasteiger partial charge < -0.3 is 9.72 Å². The first kappa shape index (κ1) is 15.3. The van der Waals surface area contributed by atoms with Gasteiger partial charge in [-0.25, -0.2) is 4.98 Å². The van der Waals surface area contributed by atoms with E-state index in [9.17, 15) is 0 Å². The molecule has 0 aliphatic heterocycles. The van der Waals surface area contributed by atoms with Crippen LogP contribution >= 0.6 is 12.4 Å². The molecule has 1 unspecified atom stereocenters. The first-order chi connectivity index (χ1) is 9.84. The van der Waals surface area contributed by atoms with E-state index in [1.165, 1.54) is 0 Å². The summed E-state index contributed by atoms with van der Waals surface area (Å²) in [6.45, 7) is 2.58. The summed E-state index contributed by atoms with van der Waals surface area (Å²) in [5.74, 6) is 0. The SMILES string of the molecule is CC(OCc1ccccc1)c1[nH]ncc1-c1cnc[nH]1.Cl. The number of hydrogen-bond donors (Lipinski definition) is 2. The smallest absolute Gasteiger partial charge is 0.0972 e. The van der Waals surface area contributed by atoms with Gasteiger partial charge in [0, 0.05) is 5.56 Å². The molecule has 2 heterocycles. The van der Waals surface area contributed by atoms with Crippen molar-refractivity contribution in [2.75, 3.05) is 0 Å². The Bertz CT molecular complexity index is 651. The van der Waals surface area contributed by atoms with Crippen molar-refractivity contribution in [3.8, 4) is 11.3 Å². The summed E-state index contributed by atoms with van der Waals surface area (Å²) in [5.41, 5.74) is 4.03. The molecule has 1 atom stereocenters. The maximum absolute atomic E-state index is 5.91. The zero-order chi connectivity index (χ0) is 13.8. The number of hydrogen-bond acceptors (Lipinski definition) is 3. The molecule has 110 valence electrons. The second-order valence-corrected chi connectivity index (χ2v) is 4.60. The summed E-state index contributed by atoms with van der Waals surface area (Å²) in [7, 11) is 0. The van der Waals surface area contributed by atoms with Gasteiger partial charge in [-0.2, -0.15) is 5.10 Å². The van der Waals surface area contributed by atoms with Crippen molar-refractivity contribution in [2.45, 2.75) is 19.6 Å². The monoisotopic (exact) mass is 304 g/mol. The minimum Gasteiger partial charge on any atom is -0.368 e. The number of aromatic nitrogens is 4. The molecule has 0 bridgehead atoms. The highest BCUT2D eigenvalue weighted by Gasteiger charge is 2.15. The molecular formula is C15H17ClN4O.